The second-order valence-corrected chi connectivity index (χ2v) is 10.5. The predicted octanol–water partition coefficient (Wildman–Crippen LogP) is 2.98. The number of hydrogen-bond acceptors (Lipinski definition) is 7. The summed E-state index contributed by atoms with van der Waals surface area (Å²) in [6.45, 7) is 8.32. The number of aliphatic hydroxyl groups excluding tert-OH is 1. The molecule has 1 aliphatic rings. The van der Waals surface area contributed by atoms with Crippen molar-refractivity contribution in [2.75, 3.05) is 59.3 Å². The highest BCUT2D eigenvalue weighted by molar-refractivity contribution is 5.99. The van der Waals surface area contributed by atoms with Gasteiger partial charge < -0.3 is 35.0 Å². The molecule has 3 N–H and O–H groups in total. The van der Waals surface area contributed by atoms with Crippen LogP contribution in [0.15, 0.2) is 18.2 Å². The first-order valence-electron chi connectivity index (χ1n) is 13.6. The molecule has 1 aromatic rings. The van der Waals surface area contributed by atoms with Gasteiger partial charge in [-0.3, -0.25) is 9.59 Å². The van der Waals surface area contributed by atoms with Crippen molar-refractivity contribution in [3.05, 3.63) is 23.8 Å². The number of aliphatic hydroxyl groups is 1. The van der Waals surface area contributed by atoms with Crippen molar-refractivity contribution in [3.8, 4) is 5.75 Å². The molecule has 210 valence electrons. The molecule has 0 saturated heterocycles. The summed E-state index contributed by atoms with van der Waals surface area (Å²) in [6, 6.07) is 4.85. The summed E-state index contributed by atoms with van der Waals surface area (Å²) >= 11 is 0. The Morgan fingerprint density at radius 1 is 1.27 bits per heavy atom. The molecular weight excluding hydrogens is 472 g/mol. The minimum atomic E-state index is -0.396. The molecule has 0 bridgehead atoms. The molecular formula is C28H48N4O5. The third kappa shape index (κ3) is 10.2. The summed E-state index contributed by atoms with van der Waals surface area (Å²) in [5, 5.41) is 16.1. The maximum Gasteiger partial charge on any atom is 0.258 e. The summed E-state index contributed by atoms with van der Waals surface area (Å²) < 4.78 is 12.4. The van der Waals surface area contributed by atoms with Crippen LogP contribution >= 0.6 is 0 Å². The van der Waals surface area contributed by atoms with Gasteiger partial charge in [0.1, 0.15) is 5.75 Å². The van der Waals surface area contributed by atoms with Gasteiger partial charge in [-0.15, -0.1) is 0 Å². The second kappa shape index (κ2) is 15.9. The zero-order chi connectivity index (χ0) is 27.4. The van der Waals surface area contributed by atoms with Crippen molar-refractivity contribution >= 4 is 17.5 Å². The fraction of sp³-hybridized carbons (Fsp3) is 0.714. The van der Waals surface area contributed by atoms with E-state index < -0.39 is 6.04 Å². The fourth-order valence-electron chi connectivity index (χ4n) is 4.47. The van der Waals surface area contributed by atoms with Crippen molar-refractivity contribution in [3.63, 3.8) is 0 Å². The number of ether oxygens (including phenoxy) is 2. The van der Waals surface area contributed by atoms with Gasteiger partial charge in [-0.05, 0) is 85.4 Å². The molecule has 0 radical (unpaired) electrons. The maximum absolute atomic E-state index is 14.0. The lowest BCUT2D eigenvalue weighted by Crippen LogP contribution is -2.47. The Labute approximate surface area is 222 Å². The number of amides is 2. The van der Waals surface area contributed by atoms with Crippen LogP contribution in [0.4, 0.5) is 5.69 Å². The lowest BCUT2D eigenvalue weighted by Gasteiger charge is -2.34. The Balaban J connectivity index is 2.38. The van der Waals surface area contributed by atoms with Gasteiger partial charge in [0.25, 0.3) is 5.91 Å². The molecule has 37 heavy (non-hydrogen) atoms. The van der Waals surface area contributed by atoms with Gasteiger partial charge in [0.2, 0.25) is 5.91 Å². The first-order chi connectivity index (χ1) is 17.7. The number of hydrogen-bond donors (Lipinski definition) is 3. The van der Waals surface area contributed by atoms with Crippen LogP contribution in [-0.2, 0) is 9.53 Å². The summed E-state index contributed by atoms with van der Waals surface area (Å²) in [5.74, 6) is 0.201. The van der Waals surface area contributed by atoms with E-state index in [0.717, 1.165) is 32.2 Å². The Morgan fingerprint density at radius 3 is 2.70 bits per heavy atom. The minimum Gasteiger partial charge on any atom is -0.490 e. The van der Waals surface area contributed by atoms with Crippen LogP contribution < -0.4 is 15.4 Å². The molecule has 0 aliphatic carbocycles. The molecule has 0 fully saturated rings. The Morgan fingerprint density at radius 2 is 2.03 bits per heavy atom. The molecule has 0 spiro atoms. The van der Waals surface area contributed by atoms with Crippen molar-refractivity contribution < 1.29 is 24.2 Å². The molecule has 0 unspecified atom stereocenters. The lowest BCUT2D eigenvalue weighted by molar-refractivity contribution is -0.116. The lowest BCUT2D eigenvalue weighted by atomic mass is 10.0. The van der Waals surface area contributed by atoms with Crippen LogP contribution in [0, 0.1) is 5.92 Å². The SMILES string of the molecule is CNC[C@H]1OCCCC[C@H](C)Oc2ccc(NC(=O)CCCN(C)C)cc2C(=O)N([C@@H](C)CO)C[C@@H]1C. The second-order valence-electron chi connectivity index (χ2n) is 10.5. The van der Waals surface area contributed by atoms with Gasteiger partial charge in [0, 0.05) is 37.7 Å². The van der Waals surface area contributed by atoms with Crippen LogP contribution in [0.3, 0.4) is 0 Å². The number of rotatable bonds is 9. The largest absolute Gasteiger partial charge is 0.490 e. The quantitative estimate of drug-likeness (QED) is 0.460. The van der Waals surface area contributed by atoms with Crippen molar-refractivity contribution in [1.29, 1.82) is 0 Å². The number of carbonyl (C=O) groups is 2. The average Bonchev–Trinajstić information content (AvgIpc) is 2.85. The maximum atomic E-state index is 14.0. The van der Waals surface area contributed by atoms with Crippen LogP contribution in [0.1, 0.15) is 63.2 Å². The zero-order valence-electron chi connectivity index (χ0n) is 23.6. The van der Waals surface area contributed by atoms with Crippen LogP contribution in [0.5, 0.6) is 5.75 Å². The first-order valence-corrected chi connectivity index (χ1v) is 13.6. The molecule has 1 heterocycles. The van der Waals surface area contributed by atoms with Gasteiger partial charge in [-0.2, -0.15) is 0 Å². The van der Waals surface area contributed by atoms with E-state index in [1.54, 1.807) is 23.1 Å². The zero-order valence-corrected chi connectivity index (χ0v) is 23.6. The van der Waals surface area contributed by atoms with Crippen LogP contribution in [0.2, 0.25) is 0 Å². The topological polar surface area (TPSA) is 103 Å². The highest BCUT2D eigenvalue weighted by atomic mass is 16.5. The van der Waals surface area contributed by atoms with Gasteiger partial charge in [-0.25, -0.2) is 0 Å². The van der Waals surface area contributed by atoms with Gasteiger partial charge >= 0.3 is 0 Å². The molecule has 4 atom stereocenters. The molecule has 9 heteroatoms. The van der Waals surface area contributed by atoms with Crippen molar-refractivity contribution in [1.82, 2.24) is 15.1 Å². The fourth-order valence-corrected chi connectivity index (χ4v) is 4.47. The van der Waals surface area contributed by atoms with E-state index >= 15 is 0 Å². The standard InChI is InChI=1S/C28H48N4O5/c1-20-18-32(21(2)19-33)28(35)24-16-23(30-27(34)11-9-14-31(5)6)12-13-25(24)37-22(3)10-7-8-15-36-26(20)17-29-4/h12-13,16,20-22,26,29,33H,7-11,14-15,17-19H2,1-6H3,(H,30,34)/t20-,21-,22-,26+/m0/s1. The van der Waals surface area contributed by atoms with Gasteiger partial charge in [0.05, 0.1) is 30.4 Å². The Hall–Kier alpha value is -2.20. The number of nitrogens with zero attached hydrogens (tertiary/aromatic N) is 2. The molecule has 2 rings (SSSR count). The number of likely N-dealkylation sites (N-methyl/N-ethyl adjacent to an activating group) is 1. The number of nitrogens with one attached hydrogen (secondary N) is 2. The molecule has 0 saturated carbocycles. The highest BCUT2D eigenvalue weighted by Gasteiger charge is 2.29. The highest BCUT2D eigenvalue weighted by Crippen LogP contribution is 2.28. The average molecular weight is 521 g/mol. The molecule has 9 nitrogen and oxygen atoms in total. The normalized spacial score (nSPS) is 22.6. The predicted molar refractivity (Wildman–Crippen MR) is 147 cm³/mol. The van der Waals surface area contributed by atoms with Crippen LogP contribution in [-0.4, -0.2) is 99.0 Å². The smallest absolute Gasteiger partial charge is 0.258 e. The summed E-state index contributed by atoms with van der Waals surface area (Å²) in [6.07, 6.45) is 3.73. The molecule has 1 aliphatic heterocycles. The number of fused-ring (bicyclic) bond motifs is 1. The number of benzene rings is 1. The Bertz CT molecular complexity index is 850. The summed E-state index contributed by atoms with van der Waals surface area (Å²) in [7, 11) is 5.85. The van der Waals surface area contributed by atoms with E-state index in [4.69, 9.17) is 9.47 Å². The molecule has 2 amide bonds. The van der Waals surface area contributed by atoms with Crippen molar-refractivity contribution in [2.45, 2.75) is 71.1 Å². The monoisotopic (exact) mass is 520 g/mol. The van der Waals surface area contributed by atoms with Gasteiger partial charge in [-0.1, -0.05) is 6.92 Å². The Kier molecular flexibility index (Phi) is 13.3. The third-order valence-electron chi connectivity index (χ3n) is 6.75. The first kappa shape index (κ1) is 31.0. The van der Waals surface area contributed by atoms with Crippen molar-refractivity contribution in [2.24, 2.45) is 5.92 Å². The van der Waals surface area contributed by atoms with E-state index in [9.17, 15) is 14.7 Å². The summed E-state index contributed by atoms with van der Waals surface area (Å²) in [4.78, 5) is 30.2. The van der Waals surface area contributed by atoms with E-state index in [-0.39, 0.29) is 36.5 Å². The number of carbonyl (C=O) groups excluding carboxylic acids is 2. The minimum absolute atomic E-state index is 0.0382. The van der Waals surface area contributed by atoms with Gasteiger partial charge in [0.15, 0.2) is 0 Å². The summed E-state index contributed by atoms with van der Waals surface area (Å²) in [5.41, 5.74) is 0.939. The third-order valence-corrected chi connectivity index (χ3v) is 6.75. The molecule has 1 aromatic carbocycles. The van der Waals surface area contributed by atoms with E-state index in [1.807, 2.05) is 39.9 Å². The van der Waals surface area contributed by atoms with E-state index in [0.29, 0.717) is 43.1 Å². The molecule has 0 aromatic heterocycles. The van der Waals surface area contributed by atoms with E-state index in [1.165, 1.54) is 0 Å². The van der Waals surface area contributed by atoms with E-state index in [2.05, 4.69) is 17.6 Å². The number of anilines is 1. The van der Waals surface area contributed by atoms with Crippen LogP contribution in [0.25, 0.3) is 0 Å².